The number of hydrogen-bond donors (Lipinski definition) is 0. The molecule has 24 heavy (non-hydrogen) atoms. The van der Waals surface area contributed by atoms with Gasteiger partial charge in [-0.2, -0.15) is 0 Å². The minimum atomic E-state index is 0.102. The quantitative estimate of drug-likeness (QED) is 0.479. The number of aryl methyl sites for hydroxylation is 2. The van der Waals surface area contributed by atoms with Crippen LogP contribution in [0.5, 0.6) is 0 Å². The number of rotatable bonds is 5. The van der Waals surface area contributed by atoms with Crippen LogP contribution in [0.2, 0.25) is 5.15 Å². The van der Waals surface area contributed by atoms with Gasteiger partial charge in [-0.1, -0.05) is 54.9 Å². The Morgan fingerprint density at radius 2 is 1.96 bits per heavy atom. The summed E-state index contributed by atoms with van der Waals surface area (Å²) in [5, 5.41) is 1.41. The van der Waals surface area contributed by atoms with Crippen molar-refractivity contribution in [2.45, 2.75) is 26.9 Å². The average Bonchev–Trinajstić information content (AvgIpc) is 2.60. The fourth-order valence-electron chi connectivity index (χ4n) is 3.01. The maximum Gasteiger partial charge on any atom is 0.293 e. The second kappa shape index (κ2) is 7.02. The van der Waals surface area contributed by atoms with Gasteiger partial charge in [0.1, 0.15) is 11.8 Å². The lowest BCUT2D eigenvalue weighted by Crippen LogP contribution is -2.01. The number of fused-ring (bicyclic) bond motifs is 1. The average molecular weight is 340 g/mol. The SMILES string of the molecule is CCc1cc(C)c2nc(Cl)c(COC=O)c(-c3ccccc3)c2c1. The molecule has 1 aromatic heterocycles. The summed E-state index contributed by atoms with van der Waals surface area (Å²) in [6.07, 6.45) is 0.938. The van der Waals surface area contributed by atoms with Gasteiger partial charge < -0.3 is 4.74 Å². The van der Waals surface area contributed by atoms with Gasteiger partial charge in [0.05, 0.1) is 5.52 Å². The third kappa shape index (κ3) is 3.00. The second-order valence-electron chi connectivity index (χ2n) is 5.69. The Labute approximate surface area is 146 Å². The predicted molar refractivity (Wildman–Crippen MR) is 97.2 cm³/mol. The molecule has 1 heterocycles. The van der Waals surface area contributed by atoms with E-state index in [1.54, 1.807) is 0 Å². The van der Waals surface area contributed by atoms with Gasteiger partial charge in [0, 0.05) is 16.5 Å². The van der Waals surface area contributed by atoms with Crippen LogP contribution in [0, 0.1) is 6.92 Å². The number of aromatic nitrogens is 1. The topological polar surface area (TPSA) is 39.2 Å². The first kappa shape index (κ1) is 16.5. The summed E-state index contributed by atoms with van der Waals surface area (Å²) in [6.45, 7) is 4.71. The van der Waals surface area contributed by atoms with Crippen LogP contribution in [0.4, 0.5) is 0 Å². The van der Waals surface area contributed by atoms with Crippen molar-refractivity contribution in [1.29, 1.82) is 0 Å². The van der Waals surface area contributed by atoms with E-state index in [4.69, 9.17) is 16.3 Å². The van der Waals surface area contributed by atoms with E-state index in [0.29, 0.717) is 11.6 Å². The standard InChI is InChI=1S/C20H18ClNO2/c1-3-14-9-13(2)19-16(10-14)18(15-7-5-4-6-8-15)17(11-24-12-23)20(21)22-19/h4-10,12H,3,11H2,1-2H3. The Bertz CT molecular complexity index is 891. The Morgan fingerprint density at radius 3 is 2.62 bits per heavy atom. The van der Waals surface area contributed by atoms with Gasteiger partial charge >= 0.3 is 0 Å². The summed E-state index contributed by atoms with van der Waals surface area (Å²) in [5.74, 6) is 0. The summed E-state index contributed by atoms with van der Waals surface area (Å²) in [5.41, 5.74) is 5.95. The van der Waals surface area contributed by atoms with E-state index in [0.717, 1.165) is 39.6 Å². The number of nitrogens with zero attached hydrogens (tertiary/aromatic N) is 1. The molecule has 3 nitrogen and oxygen atoms in total. The molecule has 0 saturated heterocycles. The van der Waals surface area contributed by atoms with E-state index in [9.17, 15) is 4.79 Å². The summed E-state index contributed by atoms with van der Waals surface area (Å²) < 4.78 is 4.99. The van der Waals surface area contributed by atoms with Crippen LogP contribution in [-0.2, 0) is 22.6 Å². The third-order valence-corrected chi connectivity index (χ3v) is 4.47. The van der Waals surface area contributed by atoms with Gasteiger partial charge in [0.25, 0.3) is 6.47 Å². The molecule has 0 aliphatic heterocycles. The highest BCUT2D eigenvalue weighted by Gasteiger charge is 2.17. The molecular formula is C20H18ClNO2. The van der Waals surface area contributed by atoms with E-state index < -0.39 is 0 Å². The lowest BCUT2D eigenvalue weighted by atomic mass is 9.93. The van der Waals surface area contributed by atoms with Crippen molar-refractivity contribution in [2.75, 3.05) is 0 Å². The zero-order chi connectivity index (χ0) is 17.1. The van der Waals surface area contributed by atoms with Crippen LogP contribution in [0.25, 0.3) is 22.0 Å². The van der Waals surface area contributed by atoms with Crippen molar-refractivity contribution in [3.05, 3.63) is 64.3 Å². The van der Waals surface area contributed by atoms with E-state index in [2.05, 4.69) is 24.0 Å². The minimum Gasteiger partial charge on any atom is -0.463 e. The molecule has 0 unspecified atom stereocenters. The highest BCUT2D eigenvalue weighted by atomic mass is 35.5. The van der Waals surface area contributed by atoms with Crippen LogP contribution < -0.4 is 0 Å². The number of carbonyl (C=O) groups excluding carboxylic acids is 1. The first-order chi connectivity index (χ1) is 11.7. The molecule has 0 bridgehead atoms. The maximum atomic E-state index is 10.7. The van der Waals surface area contributed by atoms with Gasteiger partial charge in [-0.05, 0) is 36.1 Å². The normalized spacial score (nSPS) is 10.8. The first-order valence-electron chi connectivity index (χ1n) is 7.88. The molecule has 0 saturated carbocycles. The molecule has 0 amide bonds. The smallest absolute Gasteiger partial charge is 0.293 e. The lowest BCUT2D eigenvalue weighted by molar-refractivity contribution is -0.129. The molecule has 0 aliphatic carbocycles. The van der Waals surface area contributed by atoms with E-state index in [1.807, 2.05) is 37.3 Å². The van der Waals surface area contributed by atoms with E-state index in [-0.39, 0.29) is 6.61 Å². The fraction of sp³-hybridized carbons (Fsp3) is 0.200. The highest BCUT2D eigenvalue weighted by molar-refractivity contribution is 6.31. The molecular weight excluding hydrogens is 322 g/mol. The molecule has 2 aromatic carbocycles. The van der Waals surface area contributed by atoms with Crippen molar-refractivity contribution in [3.8, 4) is 11.1 Å². The number of pyridine rings is 1. The summed E-state index contributed by atoms with van der Waals surface area (Å²) >= 11 is 6.43. The number of benzene rings is 2. The first-order valence-corrected chi connectivity index (χ1v) is 8.25. The molecule has 4 heteroatoms. The number of halogens is 1. The molecule has 0 radical (unpaired) electrons. The maximum absolute atomic E-state index is 10.7. The van der Waals surface area contributed by atoms with E-state index >= 15 is 0 Å². The Kier molecular flexibility index (Phi) is 4.81. The van der Waals surface area contributed by atoms with Crippen molar-refractivity contribution >= 4 is 29.0 Å². The number of ether oxygens (including phenoxy) is 1. The highest BCUT2D eigenvalue weighted by Crippen LogP contribution is 2.37. The van der Waals surface area contributed by atoms with Gasteiger partial charge in [-0.15, -0.1) is 0 Å². The largest absolute Gasteiger partial charge is 0.463 e. The van der Waals surface area contributed by atoms with Crippen molar-refractivity contribution in [1.82, 2.24) is 4.98 Å². The molecule has 3 aromatic rings. The molecule has 0 aliphatic rings. The fourth-order valence-corrected chi connectivity index (χ4v) is 3.25. The van der Waals surface area contributed by atoms with Gasteiger partial charge in [-0.3, -0.25) is 4.79 Å². The Hall–Kier alpha value is -2.39. The van der Waals surface area contributed by atoms with Crippen molar-refractivity contribution < 1.29 is 9.53 Å². The summed E-state index contributed by atoms with van der Waals surface area (Å²) in [6, 6.07) is 14.3. The van der Waals surface area contributed by atoms with Crippen LogP contribution >= 0.6 is 11.6 Å². The van der Waals surface area contributed by atoms with Crippen LogP contribution in [0.1, 0.15) is 23.6 Å². The zero-order valence-electron chi connectivity index (χ0n) is 13.7. The van der Waals surface area contributed by atoms with Crippen LogP contribution in [0.3, 0.4) is 0 Å². The second-order valence-corrected chi connectivity index (χ2v) is 6.05. The van der Waals surface area contributed by atoms with Crippen LogP contribution in [0.15, 0.2) is 42.5 Å². The molecule has 0 atom stereocenters. The van der Waals surface area contributed by atoms with Gasteiger partial charge in [0.2, 0.25) is 0 Å². The molecule has 0 spiro atoms. The van der Waals surface area contributed by atoms with Crippen molar-refractivity contribution in [3.63, 3.8) is 0 Å². The molecule has 0 fully saturated rings. The minimum absolute atomic E-state index is 0.102. The lowest BCUT2D eigenvalue weighted by Gasteiger charge is -2.16. The molecule has 122 valence electrons. The molecule has 0 N–H and O–H groups in total. The van der Waals surface area contributed by atoms with Gasteiger partial charge in [0.15, 0.2) is 0 Å². The predicted octanol–water partition coefficient (Wildman–Crippen LogP) is 5.10. The van der Waals surface area contributed by atoms with E-state index in [1.165, 1.54) is 5.56 Å². The molecule has 3 rings (SSSR count). The summed E-state index contributed by atoms with van der Waals surface area (Å²) in [7, 11) is 0. The number of carbonyl (C=O) groups is 1. The summed E-state index contributed by atoms with van der Waals surface area (Å²) in [4.78, 5) is 15.2. The monoisotopic (exact) mass is 339 g/mol. The zero-order valence-corrected chi connectivity index (χ0v) is 14.4. The van der Waals surface area contributed by atoms with Gasteiger partial charge in [-0.25, -0.2) is 4.98 Å². The third-order valence-electron chi connectivity index (χ3n) is 4.16. The van der Waals surface area contributed by atoms with Crippen LogP contribution in [-0.4, -0.2) is 11.5 Å². The Morgan fingerprint density at radius 1 is 1.21 bits per heavy atom. The Balaban J connectivity index is 2.40. The van der Waals surface area contributed by atoms with Crippen molar-refractivity contribution in [2.24, 2.45) is 0 Å². The number of hydrogen-bond acceptors (Lipinski definition) is 3.